The quantitative estimate of drug-likeness (QED) is 0.659. The fourth-order valence-electron chi connectivity index (χ4n) is 3.18. The molecule has 1 saturated heterocycles. The summed E-state index contributed by atoms with van der Waals surface area (Å²) in [4.78, 5) is 33.2. The first kappa shape index (κ1) is 20.2. The summed E-state index contributed by atoms with van der Waals surface area (Å²) in [6.45, 7) is 7.36. The standard InChI is InChI=1S/C19H29N3O4/c1-4-21(5-2)18(23)15-8-11-22(12-9-15)19(24)16-7-6-10-20-17(16)26-14-13-25-3/h6-7,10,15H,4-5,8-9,11-14H2,1-3H3. The van der Waals surface area contributed by atoms with Gasteiger partial charge in [-0.1, -0.05) is 0 Å². The number of nitrogens with zero attached hydrogens (tertiary/aromatic N) is 3. The van der Waals surface area contributed by atoms with Crippen LogP contribution in [0.5, 0.6) is 5.88 Å². The van der Waals surface area contributed by atoms with Crippen molar-refractivity contribution >= 4 is 11.8 Å². The third-order valence-corrected chi connectivity index (χ3v) is 4.73. The molecule has 26 heavy (non-hydrogen) atoms. The van der Waals surface area contributed by atoms with Gasteiger partial charge >= 0.3 is 0 Å². The summed E-state index contributed by atoms with van der Waals surface area (Å²) in [5.41, 5.74) is 0.456. The molecule has 2 amide bonds. The van der Waals surface area contributed by atoms with E-state index in [2.05, 4.69) is 4.98 Å². The van der Waals surface area contributed by atoms with Crippen molar-refractivity contribution in [2.75, 3.05) is 46.5 Å². The Labute approximate surface area is 155 Å². The van der Waals surface area contributed by atoms with Gasteiger partial charge in [0.05, 0.1) is 6.61 Å². The summed E-state index contributed by atoms with van der Waals surface area (Å²) in [5, 5.41) is 0. The van der Waals surface area contributed by atoms with Crippen LogP contribution in [0.3, 0.4) is 0 Å². The zero-order valence-corrected chi connectivity index (χ0v) is 15.9. The Balaban J connectivity index is 1.97. The van der Waals surface area contributed by atoms with Gasteiger partial charge in [0.25, 0.3) is 5.91 Å². The van der Waals surface area contributed by atoms with Gasteiger partial charge in [0.2, 0.25) is 11.8 Å². The molecule has 0 unspecified atom stereocenters. The van der Waals surface area contributed by atoms with Crippen LogP contribution in [0.2, 0.25) is 0 Å². The average molecular weight is 363 g/mol. The lowest BCUT2D eigenvalue weighted by molar-refractivity contribution is -0.136. The van der Waals surface area contributed by atoms with Gasteiger partial charge in [-0.05, 0) is 38.8 Å². The average Bonchev–Trinajstić information content (AvgIpc) is 2.69. The molecule has 7 nitrogen and oxygen atoms in total. The van der Waals surface area contributed by atoms with Crippen LogP contribution in [-0.4, -0.2) is 73.1 Å². The molecular formula is C19H29N3O4. The van der Waals surface area contributed by atoms with E-state index in [1.54, 1.807) is 30.3 Å². The predicted molar refractivity (Wildman–Crippen MR) is 98.2 cm³/mol. The molecule has 7 heteroatoms. The zero-order chi connectivity index (χ0) is 18.9. The van der Waals surface area contributed by atoms with Crippen LogP contribution in [0, 0.1) is 5.92 Å². The van der Waals surface area contributed by atoms with Crippen molar-refractivity contribution in [2.45, 2.75) is 26.7 Å². The maximum atomic E-state index is 12.9. The van der Waals surface area contributed by atoms with Gasteiger partial charge in [-0.2, -0.15) is 0 Å². The van der Waals surface area contributed by atoms with Crippen molar-refractivity contribution in [2.24, 2.45) is 5.92 Å². The van der Waals surface area contributed by atoms with Crippen molar-refractivity contribution in [3.63, 3.8) is 0 Å². The minimum Gasteiger partial charge on any atom is -0.475 e. The molecule has 1 aliphatic heterocycles. The fraction of sp³-hybridized carbons (Fsp3) is 0.632. The highest BCUT2D eigenvalue weighted by Crippen LogP contribution is 2.23. The largest absolute Gasteiger partial charge is 0.475 e. The number of likely N-dealkylation sites (tertiary alicyclic amines) is 1. The molecule has 0 bridgehead atoms. The smallest absolute Gasteiger partial charge is 0.259 e. The number of hydrogen-bond donors (Lipinski definition) is 0. The fourth-order valence-corrected chi connectivity index (χ4v) is 3.18. The first-order valence-electron chi connectivity index (χ1n) is 9.27. The van der Waals surface area contributed by atoms with Crippen molar-refractivity contribution in [1.82, 2.24) is 14.8 Å². The van der Waals surface area contributed by atoms with Crippen molar-refractivity contribution < 1.29 is 19.1 Å². The van der Waals surface area contributed by atoms with E-state index in [1.165, 1.54) is 0 Å². The molecule has 144 valence electrons. The van der Waals surface area contributed by atoms with E-state index < -0.39 is 0 Å². The lowest BCUT2D eigenvalue weighted by atomic mass is 9.94. The molecule has 0 spiro atoms. The minimum absolute atomic E-state index is 0.00488. The summed E-state index contributed by atoms with van der Waals surface area (Å²) >= 11 is 0. The van der Waals surface area contributed by atoms with Crippen molar-refractivity contribution in [1.29, 1.82) is 0 Å². The van der Waals surface area contributed by atoms with Crippen LogP contribution in [0.1, 0.15) is 37.0 Å². The number of hydrogen-bond acceptors (Lipinski definition) is 5. The Hall–Kier alpha value is -2.15. The molecule has 0 N–H and O–H groups in total. The molecule has 1 aromatic heterocycles. The summed E-state index contributed by atoms with van der Waals surface area (Å²) in [7, 11) is 1.59. The molecule has 0 atom stereocenters. The minimum atomic E-state index is -0.0979. The van der Waals surface area contributed by atoms with Gasteiger partial charge in [-0.3, -0.25) is 9.59 Å². The third-order valence-electron chi connectivity index (χ3n) is 4.73. The number of methoxy groups -OCH3 is 1. The van der Waals surface area contributed by atoms with E-state index in [0.29, 0.717) is 50.6 Å². The van der Waals surface area contributed by atoms with Gasteiger partial charge in [0.1, 0.15) is 12.2 Å². The Morgan fingerprint density at radius 2 is 1.92 bits per heavy atom. The number of amides is 2. The molecule has 2 rings (SSSR count). The molecule has 0 aliphatic carbocycles. The summed E-state index contributed by atoms with van der Waals surface area (Å²) < 4.78 is 10.5. The Bertz CT molecular complexity index is 596. The lowest BCUT2D eigenvalue weighted by Gasteiger charge is -2.33. The van der Waals surface area contributed by atoms with Crippen LogP contribution < -0.4 is 4.74 Å². The number of ether oxygens (including phenoxy) is 2. The first-order valence-corrected chi connectivity index (χ1v) is 9.27. The summed E-state index contributed by atoms with van der Waals surface area (Å²) in [5.74, 6) is 0.437. The number of pyridine rings is 1. The maximum Gasteiger partial charge on any atom is 0.259 e. The number of carbonyl (C=O) groups excluding carboxylic acids is 2. The second-order valence-electron chi connectivity index (χ2n) is 6.27. The lowest BCUT2D eigenvalue weighted by Crippen LogP contribution is -2.44. The van der Waals surface area contributed by atoms with Gasteiger partial charge in [0.15, 0.2) is 0 Å². The van der Waals surface area contributed by atoms with Gasteiger partial charge in [0, 0.05) is 45.4 Å². The molecule has 1 fully saturated rings. The van der Waals surface area contributed by atoms with E-state index in [0.717, 1.165) is 13.1 Å². The van der Waals surface area contributed by atoms with Gasteiger partial charge < -0.3 is 19.3 Å². The first-order chi connectivity index (χ1) is 12.6. The highest BCUT2D eigenvalue weighted by atomic mass is 16.5. The summed E-state index contributed by atoms with van der Waals surface area (Å²) in [6, 6.07) is 3.46. The van der Waals surface area contributed by atoms with E-state index >= 15 is 0 Å². The van der Waals surface area contributed by atoms with E-state index in [4.69, 9.17) is 9.47 Å². The van der Waals surface area contributed by atoms with Crippen LogP contribution in [0.15, 0.2) is 18.3 Å². The van der Waals surface area contributed by atoms with Gasteiger partial charge in [-0.15, -0.1) is 0 Å². The molecule has 1 aliphatic rings. The summed E-state index contributed by atoms with van der Waals surface area (Å²) in [6.07, 6.45) is 3.00. The molecule has 0 aromatic carbocycles. The number of carbonyl (C=O) groups is 2. The number of piperidine rings is 1. The van der Waals surface area contributed by atoms with Crippen LogP contribution in [-0.2, 0) is 9.53 Å². The topological polar surface area (TPSA) is 72.0 Å². The number of aromatic nitrogens is 1. The second kappa shape index (κ2) is 10.1. The Kier molecular flexibility index (Phi) is 7.84. The monoisotopic (exact) mass is 363 g/mol. The van der Waals surface area contributed by atoms with Crippen molar-refractivity contribution in [3.05, 3.63) is 23.9 Å². The highest BCUT2D eigenvalue weighted by Gasteiger charge is 2.30. The molecule has 2 heterocycles. The molecule has 0 saturated carbocycles. The Morgan fingerprint density at radius 3 is 2.54 bits per heavy atom. The highest BCUT2D eigenvalue weighted by molar-refractivity contribution is 5.96. The van der Waals surface area contributed by atoms with E-state index in [-0.39, 0.29) is 17.7 Å². The normalized spacial score (nSPS) is 15.0. The maximum absolute atomic E-state index is 12.9. The van der Waals surface area contributed by atoms with E-state index in [9.17, 15) is 9.59 Å². The zero-order valence-electron chi connectivity index (χ0n) is 15.9. The Morgan fingerprint density at radius 1 is 1.23 bits per heavy atom. The second-order valence-corrected chi connectivity index (χ2v) is 6.27. The molecule has 0 radical (unpaired) electrons. The number of rotatable bonds is 8. The third kappa shape index (κ3) is 4.94. The molecular weight excluding hydrogens is 334 g/mol. The van der Waals surface area contributed by atoms with Gasteiger partial charge in [-0.25, -0.2) is 4.98 Å². The molecule has 1 aromatic rings. The van der Waals surface area contributed by atoms with Crippen molar-refractivity contribution in [3.8, 4) is 5.88 Å². The van der Waals surface area contributed by atoms with E-state index in [1.807, 2.05) is 18.7 Å². The predicted octanol–water partition coefficient (Wildman–Crippen LogP) is 1.83. The van der Waals surface area contributed by atoms with Crippen LogP contribution in [0.4, 0.5) is 0 Å². The van der Waals surface area contributed by atoms with Crippen LogP contribution in [0.25, 0.3) is 0 Å². The SMILES string of the molecule is CCN(CC)C(=O)C1CCN(C(=O)c2cccnc2OCCOC)CC1. The van der Waals surface area contributed by atoms with Crippen LogP contribution >= 0.6 is 0 Å².